The number of nitrogens with one attached hydrogen (secondary N) is 1. The molecule has 2 aromatic rings. The van der Waals surface area contributed by atoms with Gasteiger partial charge in [-0.1, -0.05) is 23.7 Å². The van der Waals surface area contributed by atoms with Gasteiger partial charge in [-0.05, 0) is 49.2 Å². The topological polar surface area (TPSA) is 102 Å². The number of nitrogens with zero attached hydrogens (tertiary/aromatic N) is 1. The van der Waals surface area contributed by atoms with Crippen LogP contribution in [0, 0.1) is 0 Å². The van der Waals surface area contributed by atoms with E-state index in [0.29, 0.717) is 33.6 Å². The van der Waals surface area contributed by atoms with Crippen LogP contribution in [0.2, 0.25) is 5.02 Å². The highest BCUT2D eigenvalue weighted by atomic mass is 35.5. The Kier molecular flexibility index (Phi) is 8.08. The van der Waals surface area contributed by atoms with Crippen molar-refractivity contribution in [3.05, 3.63) is 58.6 Å². The molecule has 0 aliphatic rings. The van der Waals surface area contributed by atoms with Gasteiger partial charge in [0, 0.05) is 18.6 Å². The van der Waals surface area contributed by atoms with E-state index in [1.54, 1.807) is 31.2 Å². The smallest absolute Gasteiger partial charge is 0.423 e. The molecule has 30 heavy (non-hydrogen) atoms. The Hall–Kier alpha value is -2.78. The monoisotopic (exact) mass is 454 g/mol. The zero-order chi connectivity index (χ0) is 22.3. The van der Waals surface area contributed by atoms with Crippen LogP contribution in [-0.4, -0.2) is 52.0 Å². The molecule has 0 bridgehead atoms. The maximum Gasteiger partial charge on any atom is 0.423 e. The van der Waals surface area contributed by atoms with Crippen molar-refractivity contribution in [2.75, 3.05) is 27.3 Å². The van der Waals surface area contributed by atoms with Crippen LogP contribution in [0.25, 0.3) is 0 Å². The Morgan fingerprint density at radius 3 is 2.40 bits per heavy atom. The van der Waals surface area contributed by atoms with Crippen molar-refractivity contribution in [1.82, 2.24) is 9.62 Å². The molecule has 10 heteroatoms. The molecule has 162 valence electrons. The van der Waals surface area contributed by atoms with Crippen LogP contribution in [0.15, 0.2) is 47.4 Å². The fourth-order valence-corrected chi connectivity index (χ4v) is 3.79. The summed E-state index contributed by atoms with van der Waals surface area (Å²) in [6, 6.07) is 10.8. The molecule has 0 saturated carbocycles. The van der Waals surface area contributed by atoms with Gasteiger partial charge in [0.25, 0.3) is 15.9 Å². The van der Waals surface area contributed by atoms with Crippen molar-refractivity contribution >= 4 is 33.6 Å². The molecule has 0 aliphatic heterocycles. The number of methoxy groups -OCH3 is 1. The van der Waals surface area contributed by atoms with Gasteiger partial charge in [0.2, 0.25) is 0 Å². The molecule has 0 unspecified atom stereocenters. The molecular weight excluding hydrogens is 432 g/mol. The van der Waals surface area contributed by atoms with Crippen LogP contribution in [0.4, 0.5) is 4.79 Å². The van der Waals surface area contributed by atoms with E-state index in [1.165, 1.54) is 25.3 Å². The average molecular weight is 455 g/mol. The lowest BCUT2D eigenvalue weighted by molar-refractivity contribution is 0.0951. The maximum absolute atomic E-state index is 12.5. The summed E-state index contributed by atoms with van der Waals surface area (Å²) < 4.78 is 35.4. The molecule has 8 nitrogen and oxygen atoms in total. The normalized spacial score (nSPS) is 10.9. The quantitative estimate of drug-likeness (QED) is 0.657. The number of carbonyl (C=O) groups is 2. The molecule has 2 aromatic carbocycles. The summed E-state index contributed by atoms with van der Waals surface area (Å²) in [5.74, 6) is 0.0850. The summed E-state index contributed by atoms with van der Waals surface area (Å²) in [5.41, 5.74) is 1.14. The largest absolute Gasteiger partial charge is 0.496 e. The van der Waals surface area contributed by atoms with Crippen molar-refractivity contribution in [3.8, 4) is 5.75 Å². The maximum atomic E-state index is 12.5. The van der Waals surface area contributed by atoms with Gasteiger partial charge in [-0.2, -0.15) is 0 Å². The molecule has 0 heterocycles. The first-order chi connectivity index (χ1) is 14.2. The number of amides is 2. The lowest BCUT2D eigenvalue weighted by atomic mass is 10.1. The van der Waals surface area contributed by atoms with E-state index in [2.05, 4.69) is 5.32 Å². The number of ether oxygens (including phenoxy) is 2. The van der Waals surface area contributed by atoms with E-state index in [0.717, 1.165) is 12.6 Å². The van der Waals surface area contributed by atoms with Crippen molar-refractivity contribution < 1.29 is 27.5 Å². The highest BCUT2D eigenvalue weighted by Gasteiger charge is 2.26. The van der Waals surface area contributed by atoms with E-state index in [9.17, 15) is 18.0 Å². The summed E-state index contributed by atoms with van der Waals surface area (Å²) in [5, 5.41) is 3.20. The van der Waals surface area contributed by atoms with Gasteiger partial charge in [0.05, 0.1) is 24.2 Å². The Balaban J connectivity index is 1.99. The predicted octanol–water partition coefficient (Wildman–Crippen LogP) is 3.10. The minimum absolute atomic E-state index is 0.0329. The van der Waals surface area contributed by atoms with Gasteiger partial charge >= 0.3 is 6.09 Å². The van der Waals surface area contributed by atoms with Crippen LogP contribution in [-0.2, 0) is 21.2 Å². The standard InChI is InChI=1S/C20H23ClN2O6S/c1-4-29-20(25)23(2)30(26,27)16-8-5-14(6-9-16)11-12-22-19(24)17-13-15(21)7-10-18(17)28-3/h5-10,13H,4,11-12H2,1-3H3,(H,22,24). The van der Waals surface area contributed by atoms with Gasteiger partial charge in [0.15, 0.2) is 0 Å². The second-order valence-electron chi connectivity index (χ2n) is 6.17. The highest BCUT2D eigenvalue weighted by molar-refractivity contribution is 7.89. The number of hydrogen-bond acceptors (Lipinski definition) is 6. The number of benzene rings is 2. The number of carbonyl (C=O) groups excluding carboxylic acids is 2. The van der Waals surface area contributed by atoms with E-state index >= 15 is 0 Å². The van der Waals surface area contributed by atoms with Crippen molar-refractivity contribution in [1.29, 1.82) is 0 Å². The predicted molar refractivity (Wildman–Crippen MR) is 112 cm³/mol. The van der Waals surface area contributed by atoms with Crippen LogP contribution in [0.1, 0.15) is 22.8 Å². The van der Waals surface area contributed by atoms with Crippen molar-refractivity contribution in [3.63, 3.8) is 0 Å². The second-order valence-corrected chi connectivity index (χ2v) is 8.57. The Labute approximate surface area is 180 Å². The average Bonchev–Trinajstić information content (AvgIpc) is 2.73. The Bertz CT molecular complexity index is 1010. The van der Waals surface area contributed by atoms with Crippen LogP contribution in [0.3, 0.4) is 0 Å². The molecule has 0 radical (unpaired) electrons. The number of halogens is 1. The lowest BCUT2D eigenvalue weighted by Crippen LogP contribution is -2.33. The first kappa shape index (κ1) is 23.5. The zero-order valence-corrected chi connectivity index (χ0v) is 18.4. The third kappa shape index (κ3) is 5.64. The number of rotatable bonds is 8. The first-order valence-corrected chi connectivity index (χ1v) is 10.9. The minimum Gasteiger partial charge on any atom is -0.496 e. The Morgan fingerprint density at radius 2 is 1.80 bits per heavy atom. The summed E-state index contributed by atoms with van der Waals surface area (Å²) >= 11 is 5.94. The molecule has 1 N–H and O–H groups in total. The fraction of sp³-hybridized carbons (Fsp3) is 0.300. The molecule has 0 atom stereocenters. The fourth-order valence-electron chi connectivity index (χ4n) is 2.57. The molecule has 0 aliphatic carbocycles. The molecule has 0 aromatic heterocycles. The van der Waals surface area contributed by atoms with Crippen molar-refractivity contribution in [2.45, 2.75) is 18.2 Å². The van der Waals surface area contributed by atoms with Crippen LogP contribution < -0.4 is 10.1 Å². The van der Waals surface area contributed by atoms with E-state index in [1.807, 2.05) is 0 Å². The van der Waals surface area contributed by atoms with Gasteiger partial charge in [0.1, 0.15) is 5.75 Å². The van der Waals surface area contributed by atoms with Gasteiger partial charge in [-0.3, -0.25) is 4.79 Å². The van der Waals surface area contributed by atoms with Crippen LogP contribution >= 0.6 is 11.6 Å². The lowest BCUT2D eigenvalue weighted by Gasteiger charge is -2.17. The molecule has 0 spiro atoms. The molecular formula is C20H23ClN2O6S. The van der Waals surface area contributed by atoms with Crippen LogP contribution in [0.5, 0.6) is 5.75 Å². The number of sulfonamides is 1. The van der Waals surface area contributed by atoms with E-state index < -0.39 is 16.1 Å². The summed E-state index contributed by atoms with van der Waals surface area (Å²) in [7, 11) is -1.39. The summed E-state index contributed by atoms with van der Waals surface area (Å²) in [4.78, 5) is 24.0. The molecule has 0 fully saturated rings. The third-order valence-corrected chi connectivity index (χ3v) is 6.19. The minimum atomic E-state index is -4.00. The van der Waals surface area contributed by atoms with Gasteiger partial charge < -0.3 is 14.8 Å². The summed E-state index contributed by atoms with van der Waals surface area (Å²) in [6.07, 6.45) is -0.469. The SMILES string of the molecule is CCOC(=O)N(C)S(=O)(=O)c1ccc(CCNC(=O)c2cc(Cl)ccc2OC)cc1. The third-order valence-electron chi connectivity index (χ3n) is 4.21. The van der Waals surface area contributed by atoms with Gasteiger partial charge in [-0.15, -0.1) is 0 Å². The van der Waals surface area contributed by atoms with E-state index in [-0.39, 0.29) is 17.4 Å². The summed E-state index contributed by atoms with van der Waals surface area (Å²) in [6.45, 7) is 1.99. The van der Waals surface area contributed by atoms with Crippen molar-refractivity contribution in [2.24, 2.45) is 0 Å². The second kappa shape index (κ2) is 10.3. The molecule has 2 rings (SSSR count). The number of hydrogen-bond donors (Lipinski definition) is 1. The zero-order valence-electron chi connectivity index (χ0n) is 16.8. The molecule has 0 saturated heterocycles. The van der Waals surface area contributed by atoms with E-state index in [4.69, 9.17) is 21.1 Å². The Morgan fingerprint density at radius 1 is 1.13 bits per heavy atom. The highest BCUT2D eigenvalue weighted by Crippen LogP contribution is 2.22. The first-order valence-electron chi connectivity index (χ1n) is 9.07. The molecule has 2 amide bonds. The van der Waals surface area contributed by atoms with Gasteiger partial charge in [-0.25, -0.2) is 17.5 Å².